The van der Waals surface area contributed by atoms with E-state index < -0.39 is 11.9 Å². The molecule has 0 fully saturated rings. The number of carbonyl (C=O) groups excluding carboxylic acids is 1. The van der Waals surface area contributed by atoms with Gasteiger partial charge in [0.15, 0.2) is 0 Å². The molecule has 0 bridgehead atoms. The zero-order chi connectivity index (χ0) is 18.1. The van der Waals surface area contributed by atoms with E-state index in [0.717, 1.165) is 0 Å². The van der Waals surface area contributed by atoms with E-state index in [-0.39, 0.29) is 5.91 Å². The van der Waals surface area contributed by atoms with E-state index in [1.165, 1.54) is 10.7 Å². The first-order chi connectivity index (χ1) is 12.6. The van der Waals surface area contributed by atoms with E-state index in [1.807, 2.05) is 18.2 Å². The molecule has 1 atom stereocenters. The highest BCUT2D eigenvalue weighted by molar-refractivity contribution is 6.06. The van der Waals surface area contributed by atoms with Crippen molar-refractivity contribution >= 4 is 17.5 Å². The minimum Gasteiger partial charge on any atom is -0.326 e. The number of hydrogen-bond acceptors (Lipinski definition) is 5. The summed E-state index contributed by atoms with van der Waals surface area (Å²) in [7, 11) is 0. The Kier molecular flexibility index (Phi) is 3.92. The minimum atomic E-state index is -0.772. The van der Waals surface area contributed by atoms with Gasteiger partial charge in [0.05, 0.1) is 5.57 Å². The highest BCUT2D eigenvalue weighted by Gasteiger charge is 2.35. The second kappa shape index (κ2) is 6.40. The number of aromatic nitrogens is 4. The van der Waals surface area contributed by atoms with E-state index in [9.17, 15) is 9.18 Å². The monoisotopic (exact) mass is 350 g/mol. The van der Waals surface area contributed by atoms with E-state index in [1.54, 1.807) is 37.3 Å². The van der Waals surface area contributed by atoms with Crippen LogP contribution in [0.3, 0.4) is 0 Å². The Morgan fingerprint density at radius 2 is 1.88 bits per heavy atom. The van der Waals surface area contributed by atoms with Gasteiger partial charge in [-0.2, -0.15) is 4.68 Å². The molecule has 0 radical (unpaired) electrons. The number of para-hydroxylation sites is 1. The number of nitrogens with zero attached hydrogens (tertiary/aromatic N) is 4. The van der Waals surface area contributed by atoms with Crippen molar-refractivity contribution in [2.45, 2.75) is 13.0 Å². The van der Waals surface area contributed by atoms with Crippen LogP contribution >= 0.6 is 0 Å². The van der Waals surface area contributed by atoms with E-state index >= 15 is 0 Å². The predicted octanol–water partition coefficient (Wildman–Crippen LogP) is 2.74. The summed E-state index contributed by atoms with van der Waals surface area (Å²) in [5.74, 6) is -0.429. The molecule has 2 aromatic carbocycles. The number of anilines is 2. The average Bonchev–Trinajstić information content (AvgIpc) is 3.10. The Morgan fingerprint density at radius 3 is 2.65 bits per heavy atom. The highest BCUT2D eigenvalue weighted by Crippen LogP contribution is 2.35. The topological polar surface area (TPSA) is 84.7 Å². The molecule has 0 saturated carbocycles. The standard InChI is InChI=1S/C18H15FN6O/c1-11-15(17(26)21-12-7-3-2-4-8-12)16(13-9-5-6-10-14(13)19)25-18(20-11)22-23-24-25/h2-10,16H,1H3,(H,21,26)(H,20,22,24)/t16-/m0/s1. The summed E-state index contributed by atoms with van der Waals surface area (Å²) in [6.07, 6.45) is 0. The first-order valence-electron chi connectivity index (χ1n) is 8.01. The fourth-order valence-corrected chi connectivity index (χ4v) is 3.01. The maximum Gasteiger partial charge on any atom is 0.255 e. The van der Waals surface area contributed by atoms with Crippen molar-refractivity contribution in [3.63, 3.8) is 0 Å². The van der Waals surface area contributed by atoms with Gasteiger partial charge in [-0.25, -0.2) is 4.39 Å². The van der Waals surface area contributed by atoms with Crippen LogP contribution in [0.5, 0.6) is 0 Å². The third-order valence-electron chi connectivity index (χ3n) is 4.19. The quantitative estimate of drug-likeness (QED) is 0.759. The van der Waals surface area contributed by atoms with Gasteiger partial charge < -0.3 is 10.6 Å². The largest absolute Gasteiger partial charge is 0.326 e. The second-order valence-corrected chi connectivity index (χ2v) is 5.85. The number of fused-ring (bicyclic) bond motifs is 1. The molecule has 0 unspecified atom stereocenters. The van der Waals surface area contributed by atoms with Gasteiger partial charge >= 0.3 is 0 Å². The Hall–Kier alpha value is -3.55. The van der Waals surface area contributed by atoms with Crippen LogP contribution in [0.2, 0.25) is 0 Å². The molecule has 1 aromatic heterocycles. The molecule has 4 rings (SSSR count). The van der Waals surface area contributed by atoms with Gasteiger partial charge in [-0.1, -0.05) is 41.5 Å². The van der Waals surface area contributed by atoms with Crippen molar-refractivity contribution in [3.8, 4) is 0 Å². The van der Waals surface area contributed by atoms with Gasteiger partial charge in [-0.15, -0.1) is 0 Å². The molecule has 0 saturated heterocycles. The first-order valence-corrected chi connectivity index (χ1v) is 8.01. The van der Waals surface area contributed by atoms with Crippen molar-refractivity contribution in [2.75, 3.05) is 10.6 Å². The van der Waals surface area contributed by atoms with E-state index in [2.05, 4.69) is 26.2 Å². The minimum absolute atomic E-state index is 0.320. The van der Waals surface area contributed by atoms with Gasteiger partial charge in [-0.05, 0) is 35.5 Å². The third kappa shape index (κ3) is 2.71. The van der Waals surface area contributed by atoms with Crippen LogP contribution in [0.4, 0.5) is 16.0 Å². The molecule has 26 heavy (non-hydrogen) atoms. The number of halogens is 1. The lowest BCUT2D eigenvalue weighted by Crippen LogP contribution is -2.32. The summed E-state index contributed by atoms with van der Waals surface area (Å²) in [5, 5.41) is 17.3. The molecule has 0 spiro atoms. The molecular weight excluding hydrogens is 335 g/mol. The van der Waals surface area contributed by atoms with Crippen molar-refractivity contribution in [2.24, 2.45) is 0 Å². The van der Waals surface area contributed by atoms with Crippen molar-refractivity contribution in [1.82, 2.24) is 20.2 Å². The van der Waals surface area contributed by atoms with Gasteiger partial charge in [-0.3, -0.25) is 4.79 Å². The van der Waals surface area contributed by atoms with Crippen molar-refractivity contribution in [1.29, 1.82) is 0 Å². The van der Waals surface area contributed by atoms with Crippen LogP contribution in [0.25, 0.3) is 0 Å². The summed E-state index contributed by atoms with van der Waals surface area (Å²) in [6, 6.07) is 14.6. The molecular formula is C18H15FN6O. The van der Waals surface area contributed by atoms with Gasteiger partial charge in [0, 0.05) is 16.9 Å². The number of tetrazole rings is 1. The number of hydrogen-bond donors (Lipinski definition) is 2. The van der Waals surface area contributed by atoms with Crippen LogP contribution in [0, 0.1) is 5.82 Å². The SMILES string of the molecule is CC1=C(C(=O)Nc2ccccc2)[C@H](c2ccccc2F)n2nnnc2N1. The maximum atomic E-state index is 14.5. The fraction of sp³-hybridized carbons (Fsp3) is 0.111. The number of carbonyl (C=O) groups is 1. The molecule has 8 heteroatoms. The van der Waals surface area contributed by atoms with Crippen molar-refractivity contribution < 1.29 is 9.18 Å². The number of allylic oxidation sites excluding steroid dienone is 1. The summed E-state index contributed by atoms with van der Waals surface area (Å²) in [6.45, 7) is 1.74. The van der Waals surface area contributed by atoms with E-state index in [0.29, 0.717) is 28.5 Å². The number of amides is 1. The Labute approximate surface area is 148 Å². The lowest BCUT2D eigenvalue weighted by atomic mass is 9.94. The van der Waals surface area contributed by atoms with Crippen LogP contribution in [-0.2, 0) is 4.79 Å². The molecule has 2 heterocycles. The molecule has 0 aliphatic carbocycles. The zero-order valence-electron chi connectivity index (χ0n) is 13.8. The summed E-state index contributed by atoms with van der Waals surface area (Å²) in [5.41, 5.74) is 1.88. The van der Waals surface area contributed by atoms with Crippen molar-refractivity contribution in [3.05, 3.63) is 77.2 Å². The van der Waals surface area contributed by atoms with Gasteiger partial charge in [0.2, 0.25) is 5.95 Å². The molecule has 3 aromatic rings. The predicted molar refractivity (Wildman–Crippen MR) is 93.8 cm³/mol. The maximum absolute atomic E-state index is 14.5. The van der Waals surface area contributed by atoms with Crippen LogP contribution in [0.15, 0.2) is 65.9 Å². The zero-order valence-corrected chi connectivity index (χ0v) is 13.8. The van der Waals surface area contributed by atoms with Crippen LogP contribution < -0.4 is 10.6 Å². The van der Waals surface area contributed by atoms with Gasteiger partial charge in [0.25, 0.3) is 5.91 Å². The normalized spacial score (nSPS) is 16.0. The third-order valence-corrected chi connectivity index (χ3v) is 4.19. The Balaban J connectivity index is 1.80. The Bertz CT molecular complexity index is 998. The molecule has 1 aliphatic rings. The number of benzene rings is 2. The average molecular weight is 350 g/mol. The molecule has 1 aliphatic heterocycles. The summed E-state index contributed by atoms with van der Waals surface area (Å²) < 4.78 is 15.9. The van der Waals surface area contributed by atoms with Crippen LogP contribution in [0.1, 0.15) is 18.5 Å². The van der Waals surface area contributed by atoms with E-state index in [4.69, 9.17) is 0 Å². The van der Waals surface area contributed by atoms with Crippen LogP contribution in [-0.4, -0.2) is 26.1 Å². The summed E-state index contributed by atoms with van der Waals surface area (Å²) in [4.78, 5) is 13.0. The summed E-state index contributed by atoms with van der Waals surface area (Å²) >= 11 is 0. The molecule has 130 valence electrons. The first kappa shape index (κ1) is 15.9. The lowest BCUT2D eigenvalue weighted by Gasteiger charge is -2.28. The fourth-order valence-electron chi connectivity index (χ4n) is 3.01. The number of nitrogens with one attached hydrogen (secondary N) is 2. The smallest absolute Gasteiger partial charge is 0.255 e. The molecule has 2 N–H and O–H groups in total. The highest BCUT2D eigenvalue weighted by atomic mass is 19.1. The number of rotatable bonds is 3. The molecule has 1 amide bonds. The lowest BCUT2D eigenvalue weighted by molar-refractivity contribution is -0.113. The molecule has 7 nitrogen and oxygen atoms in total. The van der Waals surface area contributed by atoms with Gasteiger partial charge in [0.1, 0.15) is 11.9 Å². The second-order valence-electron chi connectivity index (χ2n) is 5.85. The Morgan fingerprint density at radius 1 is 1.15 bits per heavy atom.